The number of nitrogens with one attached hydrogen (secondary N) is 1. The van der Waals surface area contributed by atoms with E-state index < -0.39 is 5.60 Å². The van der Waals surface area contributed by atoms with Crippen LogP contribution < -0.4 is 5.32 Å². The zero-order valence-electron chi connectivity index (χ0n) is 12.4. The summed E-state index contributed by atoms with van der Waals surface area (Å²) in [5, 5.41) is 13.4. The molecule has 1 aromatic carbocycles. The van der Waals surface area contributed by atoms with Crippen LogP contribution >= 0.6 is 0 Å². The molecule has 1 fully saturated rings. The van der Waals surface area contributed by atoms with Crippen LogP contribution in [0.4, 0.5) is 0 Å². The molecule has 0 heterocycles. The number of carbonyl (C=O) groups is 1. The third-order valence-electron chi connectivity index (χ3n) is 4.37. The summed E-state index contributed by atoms with van der Waals surface area (Å²) in [5.41, 5.74) is 0.190. The molecule has 0 bridgehead atoms. The summed E-state index contributed by atoms with van der Waals surface area (Å²) in [6.07, 6.45) is 4.13. The maximum absolute atomic E-state index is 12.0. The lowest BCUT2D eigenvalue weighted by Gasteiger charge is -2.36. The molecule has 1 aliphatic rings. The minimum Gasteiger partial charge on any atom is -0.390 e. The molecule has 0 amide bonds. The number of benzene rings is 1. The van der Waals surface area contributed by atoms with Gasteiger partial charge < -0.3 is 10.4 Å². The molecule has 1 aromatic rings. The van der Waals surface area contributed by atoms with Crippen molar-refractivity contribution in [2.24, 2.45) is 5.92 Å². The Morgan fingerprint density at radius 3 is 2.35 bits per heavy atom. The molecule has 0 unspecified atom stereocenters. The Hall–Kier alpha value is -1.19. The summed E-state index contributed by atoms with van der Waals surface area (Å²) in [6, 6.07) is 9.82. The Morgan fingerprint density at radius 1 is 1.20 bits per heavy atom. The molecule has 3 heteroatoms. The van der Waals surface area contributed by atoms with Crippen molar-refractivity contribution in [2.75, 3.05) is 6.54 Å². The van der Waals surface area contributed by atoms with E-state index in [1.807, 2.05) is 44.2 Å². The van der Waals surface area contributed by atoms with Gasteiger partial charge in [0.15, 0.2) is 5.78 Å². The molecule has 1 saturated carbocycles. The number of rotatable bonds is 5. The topological polar surface area (TPSA) is 49.3 Å². The normalized spacial score (nSPS) is 23.6. The molecule has 2 N–H and O–H groups in total. The molecule has 0 aliphatic heterocycles. The third kappa shape index (κ3) is 4.15. The van der Waals surface area contributed by atoms with E-state index in [1.165, 1.54) is 0 Å². The fourth-order valence-corrected chi connectivity index (χ4v) is 2.97. The van der Waals surface area contributed by atoms with Crippen molar-refractivity contribution in [3.05, 3.63) is 35.9 Å². The van der Waals surface area contributed by atoms with Crippen molar-refractivity contribution in [3.8, 4) is 0 Å². The van der Waals surface area contributed by atoms with Crippen LogP contribution in [0.15, 0.2) is 30.3 Å². The summed E-state index contributed by atoms with van der Waals surface area (Å²) in [4.78, 5) is 12.0. The van der Waals surface area contributed by atoms with Crippen LogP contribution in [0.25, 0.3) is 0 Å². The smallest absolute Gasteiger partial charge is 0.176 e. The third-order valence-corrected chi connectivity index (χ3v) is 4.37. The highest BCUT2D eigenvalue weighted by molar-refractivity contribution is 5.97. The number of hydrogen-bond donors (Lipinski definition) is 2. The zero-order chi connectivity index (χ0) is 14.6. The van der Waals surface area contributed by atoms with Crippen molar-refractivity contribution < 1.29 is 9.90 Å². The molecule has 1 aliphatic carbocycles. The van der Waals surface area contributed by atoms with Gasteiger partial charge in [-0.25, -0.2) is 0 Å². The van der Waals surface area contributed by atoms with E-state index in [0.717, 1.165) is 31.2 Å². The molecule has 0 aromatic heterocycles. The van der Waals surface area contributed by atoms with Gasteiger partial charge in [-0.15, -0.1) is 0 Å². The van der Waals surface area contributed by atoms with E-state index in [9.17, 15) is 9.90 Å². The average Bonchev–Trinajstić information content (AvgIpc) is 2.45. The monoisotopic (exact) mass is 275 g/mol. The highest BCUT2D eigenvalue weighted by Crippen LogP contribution is 2.32. The zero-order valence-corrected chi connectivity index (χ0v) is 12.4. The lowest BCUT2D eigenvalue weighted by molar-refractivity contribution is -0.00281. The molecule has 0 atom stereocenters. The average molecular weight is 275 g/mol. The second kappa shape index (κ2) is 6.51. The minimum absolute atomic E-state index is 0.148. The summed E-state index contributed by atoms with van der Waals surface area (Å²) in [5.74, 6) is 0.528. The molecule has 3 nitrogen and oxygen atoms in total. The summed E-state index contributed by atoms with van der Waals surface area (Å²) in [7, 11) is 0. The quantitative estimate of drug-likeness (QED) is 0.812. The van der Waals surface area contributed by atoms with Gasteiger partial charge in [-0.2, -0.15) is 0 Å². The Labute approximate surface area is 121 Å². The van der Waals surface area contributed by atoms with Crippen LogP contribution in [0.3, 0.4) is 0 Å². The van der Waals surface area contributed by atoms with Crippen molar-refractivity contribution in [2.45, 2.75) is 51.2 Å². The van der Waals surface area contributed by atoms with E-state index >= 15 is 0 Å². The fraction of sp³-hybridized carbons (Fsp3) is 0.588. The first-order valence-corrected chi connectivity index (χ1v) is 7.51. The van der Waals surface area contributed by atoms with Gasteiger partial charge in [0.1, 0.15) is 0 Å². The second-order valence-electron chi connectivity index (χ2n) is 6.37. The first kappa shape index (κ1) is 15.2. The van der Waals surface area contributed by atoms with Gasteiger partial charge in [0, 0.05) is 11.6 Å². The summed E-state index contributed by atoms with van der Waals surface area (Å²) >= 11 is 0. The van der Waals surface area contributed by atoms with Crippen LogP contribution in [-0.4, -0.2) is 29.1 Å². The predicted octanol–water partition coefficient (Wildman–Crippen LogP) is 2.79. The first-order valence-electron chi connectivity index (χ1n) is 7.51. The van der Waals surface area contributed by atoms with Crippen molar-refractivity contribution in [1.29, 1.82) is 0 Å². The van der Waals surface area contributed by atoms with Gasteiger partial charge in [-0.3, -0.25) is 4.79 Å². The Balaban J connectivity index is 1.75. The van der Waals surface area contributed by atoms with Crippen LogP contribution in [0, 0.1) is 5.92 Å². The molecule has 0 spiro atoms. The van der Waals surface area contributed by atoms with Crippen molar-refractivity contribution in [3.63, 3.8) is 0 Å². The number of aliphatic hydroxyl groups is 1. The molecule has 2 rings (SSSR count). The van der Waals surface area contributed by atoms with Crippen LogP contribution in [0.2, 0.25) is 0 Å². The first-order chi connectivity index (χ1) is 9.47. The fourth-order valence-electron chi connectivity index (χ4n) is 2.97. The van der Waals surface area contributed by atoms with E-state index in [4.69, 9.17) is 0 Å². The van der Waals surface area contributed by atoms with Gasteiger partial charge in [0.05, 0.1) is 12.1 Å². The van der Waals surface area contributed by atoms with Gasteiger partial charge >= 0.3 is 0 Å². The van der Waals surface area contributed by atoms with E-state index in [2.05, 4.69) is 5.32 Å². The largest absolute Gasteiger partial charge is 0.390 e. The molecule has 20 heavy (non-hydrogen) atoms. The van der Waals surface area contributed by atoms with Gasteiger partial charge in [-0.1, -0.05) is 30.3 Å². The molecular formula is C17H25NO2. The molecule has 0 saturated heterocycles. The van der Waals surface area contributed by atoms with Crippen LogP contribution in [0.5, 0.6) is 0 Å². The number of ketones is 1. The number of Topliss-reactive ketones (excluding diaryl/α,β-unsaturated/α-hetero) is 1. The number of carbonyl (C=O) groups excluding carboxylic acids is 1. The predicted molar refractivity (Wildman–Crippen MR) is 80.8 cm³/mol. The van der Waals surface area contributed by atoms with Gasteiger partial charge in [-0.05, 0) is 45.4 Å². The highest BCUT2D eigenvalue weighted by Gasteiger charge is 2.31. The van der Waals surface area contributed by atoms with Crippen LogP contribution in [-0.2, 0) is 0 Å². The van der Waals surface area contributed by atoms with Gasteiger partial charge in [0.2, 0.25) is 0 Å². The minimum atomic E-state index is -0.579. The SMILES string of the molecule is CC(C)(O)C1CCC(NCC(=O)c2ccccc2)CC1. The summed E-state index contributed by atoms with van der Waals surface area (Å²) in [6.45, 7) is 4.19. The standard InChI is InChI=1S/C17H25NO2/c1-17(2,20)14-8-10-15(11-9-14)18-12-16(19)13-6-4-3-5-7-13/h3-7,14-15,18,20H,8-12H2,1-2H3. The molecule has 110 valence electrons. The van der Waals surface area contributed by atoms with Gasteiger partial charge in [0.25, 0.3) is 0 Å². The Bertz CT molecular complexity index is 428. The Kier molecular flexibility index (Phi) is 4.95. The van der Waals surface area contributed by atoms with Crippen molar-refractivity contribution in [1.82, 2.24) is 5.32 Å². The molecular weight excluding hydrogens is 250 g/mol. The lowest BCUT2D eigenvalue weighted by Crippen LogP contribution is -2.41. The van der Waals surface area contributed by atoms with E-state index in [0.29, 0.717) is 18.5 Å². The van der Waals surface area contributed by atoms with E-state index in [-0.39, 0.29) is 5.78 Å². The van der Waals surface area contributed by atoms with E-state index in [1.54, 1.807) is 0 Å². The highest BCUT2D eigenvalue weighted by atomic mass is 16.3. The second-order valence-corrected chi connectivity index (χ2v) is 6.37. The van der Waals surface area contributed by atoms with Crippen LogP contribution in [0.1, 0.15) is 49.9 Å². The summed E-state index contributed by atoms with van der Waals surface area (Å²) < 4.78 is 0. The number of hydrogen-bond acceptors (Lipinski definition) is 3. The maximum Gasteiger partial charge on any atom is 0.176 e. The molecule has 0 radical (unpaired) electrons. The Morgan fingerprint density at radius 2 is 1.80 bits per heavy atom. The lowest BCUT2D eigenvalue weighted by atomic mass is 9.77. The van der Waals surface area contributed by atoms with Crippen molar-refractivity contribution >= 4 is 5.78 Å². The maximum atomic E-state index is 12.0.